The van der Waals surface area contributed by atoms with Gasteiger partial charge in [0.25, 0.3) is 0 Å². The van der Waals surface area contributed by atoms with Gasteiger partial charge in [0, 0.05) is 6.42 Å². The molecule has 0 heterocycles. The van der Waals surface area contributed by atoms with Crippen molar-refractivity contribution in [2.75, 3.05) is 47.5 Å². The van der Waals surface area contributed by atoms with Gasteiger partial charge in [-0.2, -0.15) is 0 Å². The van der Waals surface area contributed by atoms with Crippen LogP contribution in [0.5, 0.6) is 0 Å². The van der Waals surface area contributed by atoms with Gasteiger partial charge in [-0.05, 0) is 77.0 Å². The highest BCUT2D eigenvalue weighted by atomic mass is 31.2. The van der Waals surface area contributed by atoms with Crippen LogP contribution in [0.1, 0.15) is 155 Å². The maximum Gasteiger partial charge on any atom is 0.472 e. The van der Waals surface area contributed by atoms with Crippen LogP contribution < -0.4 is 0 Å². The van der Waals surface area contributed by atoms with Gasteiger partial charge in [-0.3, -0.25) is 18.6 Å². The molecule has 0 fully saturated rings. The van der Waals surface area contributed by atoms with E-state index in [9.17, 15) is 19.0 Å². The van der Waals surface area contributed by atoms with E-state index in [1.807, 2.05) is 33.3 Å². The summed E-state index contributed by atoms with van der Waals surface area (Å²) < 4.78 is 34.2. The molecule has 0 radical (unpaired) electrons. The monoisotopic (exact) mass is 859 g/mol. The van der Waals surface area contributed by atoms with Crippen molar-refractivity contribution in [1.82, 2.24) is 0 Å². The van der Waals surface area contributed by atoms with E-state index < -0.39 is 32.5 Å². The van der Waals surface area contributed by atoms with Gasteiger partial charge >= 0.3 is 19.8 Å². The van der Waals surface area contributed by atoms with Crippen molar-refractivity contribution < 1.29 is 42.1 Å². The molecular formula is C50H85NO8P+. The van der Waals surface area contributed by atoms with Crippen molar-refractivity contribution in [3.63, 3.8) is 0 Å². The Bertz CT molecular complexity index is 1340. The summed E-state index contributed by atoms with van der Waals surface area (Å²) in [6, 6.07) is 0. The first-order chi connectivity index (χ1) is 29.0. The van der Waals surface area contributed by atoms with Crippen LogP contribution in [0.15, 0.2) is 97.2 Å². The fraction of sp³-hybridized carbons (Fsp3) is 0.640. The fourth-order valence-electron chi connectivity index (χ4n) is 5.57. The smallest absolute Gasteiger partial charge is 0.462 e. The maximum absolute atomic E-state index is 12.6. The van der Waals surface area contributed by atoms with Crippen molar-refractivity contribution in [3.8, 4) is 0 Å². The van der Waals surface area contributed by atoms with Crippen molar-refractivity contribution in [2.24, 2.45) is 0 Å². The van der Waals surface area contributed by atoms with Crippen LogP contribution >= 0.6 is 7.82 Å². The lowest BCUT2D eigenvalue weighted by Crippen LogP contribution is -2.37. The van der Waals surface area contributed by atoms with Gasteiger partial charge in [0.1, 0.15) is 19.8 Å². The van der Waals surface area contributed by atoms with E-state index >= 15 is 0 Å². The van der Waals surface area contributed by atoms with Gasteiger partial charge in [0.05, 0.1) is 34.2 Å². The lowest BCUT2D eigenvalue weighted by atomic mass is 10.1. The molecule has 0 rings (SSSR count). The molecule has 0 aliphatic rings. The van der Waals surface area contributed by atoms with Gasteiger partial charge in [-0.25, -0.2) is 4.57 Å². The number of carbonyl (C=O) groups is 2. The molecule has 2 unspecified atom stereocenters. The first kappa shape index (κ1) is 56.9. The quantitative estimate of drug-likeness (QED) is 0.0213. The molecule has 0 saturated heterocycles. The molecule has 9 nitrogen and oxygen atoms in total. The van der Waals surface area contributed by atoms with Crippen LogP contribution in [0, 0.1) is 0 Å². The van der Waals surface area contributed by atoms with Crippen LogP contribution in [0.25, 0.3) is 0 Å². The summed E-state index contributed by atoms with van der Waals surface area (Å²) >= 11 is 0. The third-order valence-corrected chi connectivity index (χ3v) is 10.1. The van der Waals surface area contributed by atoms with E-state index in [0.29, 0.717) is 23.9 Å². The zero-order valence-corrected chi connectivity index (χ0v) is 39.3. The number of nitrogens with zero attached hydrogens (tertiary/aromatic N) is 1. The Kier molecular flexibility index (Phi) is 39.2. The predicted molar refractivity (Wildman–Crippen MR) is 252 cm³/mol. The number of hydrogen-bond acceptors (Lipinski definition) is 7. The minimum Gasteiger partial charge on any atom is -0.462 e. The standard InChI is InChI=1S/C50H84NO8P/c1-6-8-10-12-14-16-18-20-22-23-24-25-26-27-29-30-32-34-36-38-40-42-49(52)56-46-48(47-58-60(54,55)57-45-44-51(3,4)5)59-50(53)43-41-39-37-35-33-31-28-21-19-17-15-13-11-9-7-2/h9,11,15,17-18,20-21,23-24,26-28,33,35,39,41,48H,6-8,10,12-14,16,19,22,25,29-32,34,36-38,40,42-47H2,1-5H3/p+1/b11-9-,17-15-,20-18-,24-23-,27-26-,28-21-,35-33-,41-39-. The Morgan fingerprint density at radius 2 is 1.00 bits per heavy atom. The highest BCUT2D eigenvalue weighted by Crippen LogP contribution is 2.43. The Morgan fingerprint density at radius 3 is 1.50 bits per heavy atom. The summed E-state index contributed by atoms with van der Waals surface area (Å²) in [5.41, 5.74) is 0. The molecule has 0 bridgehead atoms. The van der Waals surface area contributed by atoms with E-state index in [4.69, 9.17) is 18.5 Å². The Hall–Kier alpha value is -3.07. The molecule has 10 heteroatoms. The molecule has 0 aliphatic carbocycles. The van der Waals surface area contributed by atoms with Crippen molar-refractivity contribution in [3.05, 3.63) is 97.2 Å². The normalized spacial score (nSPS) is 14.4. The number of allylic oxidation sites excluding steroid dienone is 15. The number of esters is 2. The second-order valence-corrected chi connectivity index (χ2v) is 17.5. The molecule has 0 aromatic heterocycles. The SMILES string of the molecule is CC/C=C\C/C=C\C/C=C\C/C=C\C/C=C\CC(=O)OC(COC(=O)CCCCCCCC/C=C\C/C=C\C/C=C\CCCCCCC)COP(=O)(O)OCC[N+](C)(C)C. The first-order valence-electron chi connectivity index (χ1n) is 23.0. The van der Waals surface area contributed by atoms with Crippen LogP contribution in [0.4, 0.5) is 0 Å². The second kappa shape index (κ2) is 41.3. The number of phosphoric acid groups is 1. The molecule has 60 heavy (non-hydrogen) atoms. The number of unbranched alkanes of at least 4 members (excludes halogenated alkanes) is 11. The number of ether oxygens (including phenoxy) is 2. The molecule has 0 aliphatic heterocycles. The number of phosphoric ester groups is 1. The number of likely N-dealkylation sites (N-methyl/N-ethyl adjacent to an activating group) is 1. The van der Waals surface area contributed by atoms with Crippen LogP contribution in [-0.4, -0.2) is 74.9 Å². The summed E-state index contributed by atoms with van der Waals surface area (Å²) in [7, 11) is 1.40. The molecule has 0 aromatic rings. The number of quaternary nitrogens is 1. The highest BCUT2D eigenvalue weighted by Gasteiger charge is 2.27. The van der Waals surface area contributed by atoms with E-state index in [2.05, 4.69) is 92.8 Å². The largest absolute Gasteiger partial charge is 0.472 e. The number of hydrogen-bond donors (Lipinski definition) is 1. The van der Waals surface area contributed by atoms with Crippen LogP contribution in [0.3, 0.4) is 0 Å². The van der Waals surface area contributed by atoms with Gasteiger partial charge in [0.15, 0.2) is 6.10 Å². The molecular weight excluding hydrogens is 774 g/mol. The molecule has 342 valence electrons. The third kappa shape index (κ3) is 44.5. The van der Waals surface area contributed by atoms with E-state index in [1.165, 1.54) is 38.5 Å². The van der Waals surface area contributed by atoms with Gasteiger partial charge in [0.2, 0.25) is 0 Å². The molecule has 0 amide bonds. The Morgan fingerprint density at radius 1 is 0.550 bits per heavy atom. The summed E-state index contributed by atoms with van der Waals surface area (Å²) in [5, 5.41) is 0. The van der Waals surface area contributed by atoms with E-state index in [0.717, 1.165) is 77.0 Å². The summed E-state index contributed by atoms with van der Waals surface area (Å²) in [6.07, 6.45) is 54.9. The molecule has 2 atom stereocenters. The molecule has 0 spiro atoms. The molecule has 0 aromatic carbocycles. The summed E-state index contributed by atoms with van der Waals surface area (Å²) in [6.45, 7) is 4.14. The average molecular weight is 859 g/mol. The minimum absolute atomic E-state index is 0.000167. The predicted octanol–water partition coefficient (Wildman–Crippen LogP) is 13.4. The van der Waals surface area contributed by atoms with Crippen molar-refractivity contribution >= 4 is 19.8 Å². The first-order valence-corrected chi connectivity index (χ1v) is 24.5. The van der Waals surface area contributed by atoms with Crippen molar-refractivity contribution in [1.29, 1.82) is 0 Å². The zero-order chi connectivity index (χ0) is 44.3. The molecule has 0 saturated carbocycles. The summed E-state index contributed by atoms with van der Waals surface area (Å²) in [4.78, 5) is 35.3. The third-order valence-electron chi connectivity index (χ3n) is 9.13. The maximum atomic E-state index is 12.6. The lowest BCUT2D eigenvalue weighted by Gasteiger charge is -2.24. The number of rotatable bonds is 40. The number of carbonyl (C=O) groups excluding carboxylic acids is 2. The van der Waals surface area contributed by atoms with E-state index in [-0.39, 0.29) is 26.1 Å². The van der Waals surface area contributed by atoms with Crippen molar-refractivity contribution in [2.45, 2.75) is 161 Å². The average Bonchev–Trinajstić information content (AvgIpc) is 3.20. The van der Waals surface area contributed by atoms with Gasteiger partial charge in [-0.1, -0.05) is 162 Å². The van der Waals surface area contributed by atoms with E-state index in [1.54, 1.807) is 6.08 Å². The molecule has 1 N–H and O–H groups in total. The summed E-state index contributed by atoms with van der Waals surface area (Å²) in [5.74, 6) is -0.970. The van der Waals surface area contributed by atoms with Crippen LogP contribution in [-0.2, 0) is 32.7 Å². The van der Waals surface area contributed by atoms with Gasteiger partial charge in [-0.15, -0.1) is 0 Å². The Balaban J connectivity index is 4.46. The van der Waals surface area contributed by atoms with Crippen LogP contribution in [0.2, 0.25) is 0 Å². The highest BCUT2D eigenvalue weighted by molar-refractivity contribution is 7.47. The zero-order valence-electron chi connectivity index (χ0n) is 38.4. The minimum atomic E-state index is -4.41. The second-order valence-electron chi connectivity index (χ2n) is 16.1. The topological polar surface area (TPSA) is 108 Å². The lowest BCUT2D eigenvalue weighted by molar-refractivity contribution is -0.870. The fourth-order valence-corrected chi connectivity index (χ4v) is 6.31. The van der Waals surface area contributed by atoms with Gasteiger partial charge < -0.3 is 18.9 Å². The Labute approximate surface area is 366 Å².